The molecule has 4 heteroatoms. The van der Waals surface area contributed by atoms with Crippen LogP contribution < -0.4 is 0 Å². The summed E-state index contributed by atoms with van der Waals surface area (Å²) in [6, 6.07) is 16.9. The predicted molar refractivity (Wildman–Crippen MR) is 83.7 cm³/mol. The molecule has 2 aromatic rings. The van der Waals surface area contributed by atoms with Gasteiger partial charge in [-0.25, -0.2) is 4.79 Å². The molecular formula is C18H19NO3. The highest BCUT2D eigenvalue weighted by Crippen LogP contribution is 2.28. The second-order valence-electron chi connectivity index (χ2n) is 5.56. The van der Waals surface area contributed by atoms with Gasteiger partial charge in [0.1, 0.15) is 12.4 Å². The van der Waals surface area contributed by atoms with E-state index in [2.05, 4.69) is 0 Å². The van der Waals surface area contributed by atoms with Crippen LogP contribution in [0.3, 0.4) is 0 Å². The van der Waals surface area contributed by atoms with Crippen LogP contribution in [0.4, 0.5) is 4.79 Å². The summed E-state index contributed by atoms with van der Waals surface area (Å²) >= 11 is 0. The lowest BCUT2D eigenvalue weighted by Gasteiger charge is -2.16. The molecule has 1 N–H and O–H groups in total. The minimum atomic E-state index is -0.259. The van der Waals surface area contributed by atoms with Crippen molar-refractivity contribution in [2.45, 2.75) is 18.9 Å². The van der Waals surface area contributed by atoms with Gasteiger partial charge in [0, 0.05) is 19.0 Å². The zero-order chi connectivity index (χ0) is 15.4. The maximum Gasteiger partial charge on any atom is 0.410 e. The summed E-state index contributed by atoms with van der Waals surface area (Å²) in [6.07, 6.45) is 0.663. The number of carbonyl (C=O) groups excluding carboxylic acids is 1. The zero-order valence-electron chi connectivity index (χ0n) is 12.3. The number of hydrogen-bond acceptors (Lipinski definition) is 3. The minimum Gasteiger partial charge on any atom is -0.508 e. The van der Waals surface area contributed by atoms with Gasteiger partial charge in [0.2, 0.25) is 0 Å². The van der Waals surface area contributed by atoms with Crippen molar-refractivity contribution < 1.29 is 14.6 Å². The van der Waals surface area contributed by atoms with Gasteiger partial charge in [-0.15, -0.1) is 0 Å². The number of aromatic hydroxyl groups is 1. The molecule has 22 heavy (non-hydrogen) atoms. The minimum absolute atomic E-state index is 0.259. The second-order valence-corrected chi connectivity index (χ2v) is 5.56. The molecular weight excluding hydrogens is 278 g/mol. The van der Waals surface area contributed by atoms with Gasteiger partial charge in [0.05, 0.1) is 0 Å². The molecule has 1 aliphatic heterocycles. The summed E-state index contributed by atoms with van der Waals surface area (Å²) in [5, 5.41) is 9.33. The van der Waals surface area contributed by atoms with Crippen LogP contribution in [0.25, 0.3) is 0 Å². The van der Waals surface area contributed by atoms with Crippen LogP contribution in [-0.4, -0.2) is 29.2 Å². The Morgan fingerprint density at radius 3 is 2.59 bits per heavy atom. The van der Waals surface area contributed by atoms with E-state index in [4.69, 9.17) is 4.74 Å². The molecule has 0 spiro atoms. The maximum atomic E-state index is 12.1. The van der Waals surface area contributed by atoms with Gasteiger partial charge >= 0.3 is 6.09 Å². The Hall–Kier alpha value is -2.49. The molecule has 0 aromatic heterocycles. The van der Waals surface area contributed by atoms with Crippen LogP contribution in [-0.2, 0) is 11.3 Å². The van der Waals surface area contributed by atoms with Gasteiger partial charge in [0.25, 0.3) is 0 Å². The summed E-state index contributed by atoms with van der Waals surface area (Å²) in [7, 11) is 0. The first-order valence-corrected chi connectivity index (χ1v) is 7.47. The number of benzene rings is 2. The first-order valence-electron chi connectivity index (χ1n) is 7.47. The predicted octanol–water partition coefficient (Wildman–Crippen LogP) is 3.52. The third-order valence-electron chi connectivity index (χ3n) is 4.02. The first-order chi connectivity index (χ1) is 10.7. The van der Waals surface area contributed by atoms with Crippen LogP contribution in [0, 0.1) is 0 Å². The van der Waals surface area contributed by atoms with Crippen molar-refractivity contribution in [2.75, 3.05) is 13.1 Å². The van der Waals surface area contributed by atoms with Crippen LogP contribution in [0.2, 0.25) is 0 Å². The summed E-state index contributed by atoms with van der Waals surface area (Å²) in [4.78, 5) is 13.9. The SMILES string of the molecule is O=C(OCc1ccccc1)N1CCC(c2ccc(O)cc2)C1. The molecule has 2 aromatic carbocycles. The molecule has 0 saturated carbocycles. The van der Waals surface area contributed by atoms with E-state index in [-0.39, 0.29) is 11.8 Å². The normalized spacial score (nSPS) is 17.5. The standard InChI is InChI=1S/C18H19NO3/c20-17-8-6-15(7-9-17)16-10-11-19(12-16)18(21)22-13-14-4-2-1-3-5-14/h1-9,16,20H,10-13H2. The summed E-state index contributed by atoms with van der Waals surface area (Å²) in [5.74, 6) is 0.575. The Balaban J connectivity index is 1.53. The Kier molecular flexibility index (Phi) is 4.28. The molecule has 1 amide bonds. The van der Waals surface area contributed by atoms with Crippen molar-refractivity contribution in [1.29, 1.82) is 0 Å². The average Bonchev–Trinajstić information content (AvgIpc) is 3.04. The smallest absolute Gasteiger partial charge is 0.410 e. The molecule has 0 aliphatic carbocycles. The van der Waals surface area contributed by atoms with Crippen molar-refractivity contribution in [3.05, 3.63) is 65.7 Å². The van der Waals surface area contributed by atoms with E-state index in [0.717, 1.165) is 17.5 Å². The molecule has 4 nitrogen and oxygen atoms in total. The topological polar surface area (TPSA) is 49.8 Å². The third-order valence-corrected chi connectivity index (χ3v) is 4.02. The number of nitrogens with zero attached hydrogens (tertiary/aromatic N) is 1. The summed E-state index contributed by atoms with van der Waals surface area (Å²) in [5.41, 5.74) is 2.14. The second kappa shape index (κ2) is 6.52. The highest BCUT2D eigenvalue weighted by atomic mass is 16.6. The average molecular weight is 297 g/mol. The Bertz CT molecular complexity index is 625. The van der Waals surface area contributed by atoms with Gasteiger partial charge < -0.3 is 14.7 Å². The Morgan fingerprint density at radius 2 is 1.86 bits per heavy atom. The van der Waals surface area contributed by atoms with Gasteiger partial charge in [-0.2, -0.15) is 0 Å². The fourth-order valence-electron chi connectivity index (χ4n) is 2.76. The number of likely N-dealkylation sites (tertiary alicyclic amines) is 1. The van der Waals surface area contributed by atoms with Crippen LogP contribution in [0.1, 0.15) is 23.5 Å². The number of ether oxygens (including phenoxy) is 1. The highest BCUT2D eigenvalue weighted by Gasteiger charge is 2.28. The third kappa shape index (κ3) is 3.39. The van der Waals surface area contributed by atoms with Crippen LogP contribution in [0.15, 0.2) is 54.6 Å². The summed E-state index contributed by atoms with van der Waals surface area (Å²) < 4.78 is 5.36. The number of rotatable bonds is 3. The maximum absolute atomic E-state index is 12.1. The van der Waals surface area contributed by atoms with Crippen LogP contribution >= 0.6 is 0 Å². The number of carbonyl (C=O) groups is 1. The van der Waals surface area contributed by atoms with E-state index in [0.29, 0.717) is 25.6 Å². The number of hydrogen-bond donors (Lipinski definition) is 1. The van der Waals surface area contributed by atoms with E-state index in [1.165, 1.54) is 0 Å². The van der Waals surface area contributed by atoms with Gasteiger partial charge in [-0.1, -0.05) is 42.5 Å². The van der Waals surface area contributed by atoms with Crippen LogP contribution in [0.5, 0.6) is 5.75 Å². The lowest BCUT2D eigenvalue weighted by atomic mass is 9.98. The number of phenols is 1. The van der Waals surface area contributed by atoms with E-state index in [1.807, 2.05) is 42.5 Å². The van der Waals surface area contributed by atoms with Crippen molar-refractivity contribution in [3.8, 4) is 5.75 Å². The number of phenolic OH excluding ortho intramolecular Hbond substituents is 1. The highest BCUT2D eigenvalue weighted by molar-refractivity contribution is 5.68. The van der Waals surface area contributed by atoms with E-state index in [1.54, 1.807) is 17.0 Å². The van der Waals surface area contributed by atoms with Crippen molar-refractivity contribution >= 4 is 6.09 Å². The van der Waals surface area contributed by atoms with Crippen molar-refractivity contribution in [2.24, 2.45) is 0 Å². The van der Waals surface area contributed by atoms with Gasteiger partial charge in [-0.05, 0) is 29.7 Å². The lowest BCUT2D eigenvalue weighted by molar-refractivity contribution is 0.104. The lowest BCUT2D eigenvalue weighted by Crippen LogP contribution is -2.29. The van der Waals surface area contributed by atoms with Gasteiger partial charge in [-0.3, -0.25) is 0 Å². The molecule has 1 saturated heterocycles. The fraction of sp³-hybridized carbons (Fsp3) is 0.278. The zero-order valence-corrected chi connectivity index (χ0v) is 12.3. The first kappa shape index (κ1) is 14.4. The van der Waals surface area contributed by atoms with Crippen molar-refractivity contribution in [3.63, 3.8) is 0 Å². The van der Waals surface area contributed by atoms with E-state index >= 15 is 0 Å². The summed E-state index contributed by atoms with van der Waals surface area (Å²) in [6.45, 7) is 1.68. The molecule has 1 heterocycles. The Labute approximate surface area is 130 Å². The van der Waals surface area contributed by atoms with E-state index in [9.17, 15) is 9.90 Å². The monoisotopic (exact) mass is 297 g/mol. The molecule has 114 valence electrons. The van der Waals surface area contributed by atoms with E-state index < -0.39 is 0 Å². The molecule has 1 unspecified atom stereocenters. The van der Waals surface area contributed by atoms with Crippen molar-refractivity contribution in [1.82, 2.24) is 4.90 Å². The fourth-order valence-corrected chi connectivity index (χ4v) is 2.76. The Morgan fingerprint density at radius 1 is 1.14 bits per heavy atom. The molecule has 0 radical (unpaired) electrons. The van der Waals surface area contributed by atoms with Gasteiger partial charge in [0.15, 0.2) is 0 Å². The largest absolute Gasteiger partial charge is 0.508 e. The molecule has 0 bridgehead atoms. The number of amides is 1. The molecule has 3 rings (SSSR count). The molecule has 1 aliphatic rings. The molecule has 1 fully saturated rings. The quantitative estimate of drug-likeness (QED) is 0.943. The molecule has 1 atom stereocenters.